The Morgan fingerprint density at radius 3 is 3.00 bits per heavy atom. The number of benzene rings is 1. The standard InChI is InChI=1S/C18H27N7O3/c1-13-5-6-14(23(2)3)11-15(13)19-18(26)24-7-10-28-16(12-24)17-20-21-22-25(17)8-9-27-4/h5-6,11,16H,7-10,12H2,1-4H3,(H,19,26). The first kappa shape index (κ1) is 20.0. The van der Waals surface area contributed by atoms with Crippen LogP contribution in [-0.4, -0.2) is 78.6 Å². The van der Waals surface area contributed by atoms with E-state index >= 15 is 0 Å². The number of carbonyl (C=O) groups excluding carboxylic acids is 1. The number of aryl methyl sites for hydroxylation is 1. The lowest BCUT2D eigenvalue weighted by atomic mass is 10.1. The average molecular weight is 389 g/mol. The van der Waals surface area contributed by atoms with Crippen molar-refractivity contribution in [3.8, 4) is 0 Å². The first-order valence-corrected chi connectivity index (χ1v) is 9.20. The van der Waals surface area contributed by atoms with Crippen molar-refractivity contribution in [1.82, 2.24) is 25.1 Å². The van der Waals surface area contributed by atoms with E-state index in [4.69, 9.17) is 9.47 Å². The zero-order chi connectivity index (χ0) is 20.1. The fourth-order valence-corrected chi connectivity index (χ4v) is 2.99. The van der Waals surface area contributed by atoms with Gasteiger partial charge in [-0.1, -0.05) is 6.07 Å². The second-order valence-corrected chi connectivity index (χ2v) is 6.88. The van der Waals surface area contributed by atoms with Gasteiger partial charge < -0.3 is 24.6 Å². The number of hydrogen-bond donors (Lipinski definition) is 1. The number of methoxy groups -OCH3 is 1. The van der Waals surface area contributed by atoms with E-state index in [0.29, 0.717) is 38.7 Å². The van der Waals surface area contributed by atoms with Crippen LogP contribution >= 0.6 is 0 Å². The summed E-state index contributed by atoms with van der Waals surface area (Å²) < 4.78 is 12.6. The highest BCUT2D eigenvalue weighted by molar-refractivity contribution is 5.91. The summed E-state index contributed by atoms with van der Waals surface area (Å²) in [7, 11) is 5.56. The molecule has 1 aromatic heterocycles. The molecule has 0 saturated carbocycles. The predicted molar refractivity (Wildman–Crippen MR) is 104 cm³/mol. The number of aromatic nitrogens is 4. The van der Waals surface area contributed by atoms with Gasteiger partial charge in [0.15, 0.2) is 5.82 Å². The number of hydrogen-bond acceptors (Lipinski definition) is 7. The summed E-state index contributed by atoms with van der Waals surface area (Å²) in [5.41, 5.74) is 2.83. The largest absolute Gasteiger partial charge is 0.383 e. The molecule has 10 nitrogen and oxygen atoms in total. The molecule has 1 fully saturated rings. The molecule has 2 heterocycles. The van der Waals surface area contributed by atoms with Gasteiger partial charge in [-0.25, -0.2) is 9.48 Å². The van der Waals surface area contributed by atoms with Gasteiger partial charge in [-0.05, 0) is 35.0 Å². The molecule has 2 aromatic rings. The number of ether oxygens (including phenoxy) is 2. The van der Waals surface area contributed by atoms with Crippen molar-refractivity contribution >= 4 is 17.4 Å². The average Bonchev–Trinajstić information content (AvgIpc) is 3.16. The van der Waals surface area contributed by atoms with Gasteiger partial charge in [-0.2, -0.15) is 0 Å². The number of amides is 2. The van der Waals surface area contributed by atoms with Gasteiger partial charge in [-0.15, -0.1) is 5.10 Å². The number of anilines is 2. The molecule has 28 heavy (non-hydrogen) atoms. The van der Waals surface area contributed by atoms with Gasteiger partial charge in [0.05, 0.1) is 26.3 Å². The van der Waals surface area contributed by atoms with Crippen molar-refractivity contribution in [2.24, 2.45) is 0 Å². The molecule has 1 aromatic carbocycles. The number of carbonyl (C=O) groups is 1. The molecule has 0 spiro atoms. The van der Waals surface area contributed by atoms with Crippen molar-refractivity contribution in [3.05, 3.63) is 29.6 Å². The van der Waals surface area contributed by atoms with E-state index in [0.717, 1.165) is 16.9 Å². The van der Waals surface area contributed by atoms with Gasteiger partial charge >= 0.3 is 6.03 Å². The fourth-order valence-electron chi connectivity index (χ4n) is 2.99. The number of rotatable bonds is 6. The van der Waals surface area contributed by atoms with E-state index in [9.17, 15) is 4.79 Å². The van der Waals surface area contributed by atoms with Gasteiger partial charge in [-0.3, -0.25) is 0 Å². The van der Waals surface area contributed by atoms with Gasteiger partial charge in [0, 0.05) is 39.1 Å². The van der Waals surface area contributed by atoms with Crippen molar-refractivity contribution in [2.45, 2.75) is 19.6 Å². The zero-order valence-corrected chi connectivity index (χ0v) is 16.8. The summed E-state index contributed by atoms with van der Waals surface area (Å²) >= 11 is 0. The molecule has 1 aliphatic heterocycles. The predicted octanol–water partition coefficient (Wildman–Crippen LogP) is 1.30. The van der Waals surface area contributed by atoms with Crippen molar-refractivity contribution < 1.29 is 14.3 Å². The molecule has 152 valence electrons. The van der Waals surface area contributed by atoms with E-state index in [1.54, 1.807) is 16.7 Å². The molecule has 0 radical (unpaired) electrons. The Morgan fingerprint density at radius 2 is 2.25 bits per heavy atom. The van der Waals surface area contributed by atoms with Crippen molar-refractivity contribution in [3.63, 3.8) is 0 Å². The molecule has 0 aliphatic carbocycles. The minimum Gasteiger partial charge on any atom is -0.383 e. The maximum absolute atomic E-state index is 12.8. The van der Waals surface area contributed by atoms with E-state index in [2.05, 4.69) is 20.8 Å². The molecule has 10 heteroatoms. The first-order chi connectivity index (χ1) is 13.5. The van der Waals surface area contributed by atoms with Crippen molar-refractivity contribution in [1.29, 1.82) is 0 Å². The van der Waals surface area contributed by atoms with Crippen LogP contribution in [0.3, 0.4) is 0 Å². The van der Waals surface area contributed by atoms with Crippen LogP contribution < -0.4 is 10.2 Å². The fraction of sp³-hybridized carbons (Fsp3) is 0.556. The topological polar surface area (TPSA) is 97.6 Å². The van der Waals surface area contributed by atoms with Crippen LogP contribution in [-0.2, 0) is 16.0 Å². The van der Waals surface area contributed by atoms with Crippen LogP contribution in [0.5, 0.6) is 0 Å². The number of nitrogens with one attached hydrogen (secondary N) is 1. The highest BCUT2D eigenvalue weighted by atomic mass is 16.5. The van der Waals surface area contributed by atoms with Gasteiger partial charge in [0.2, 0.25) is 0 Å². The Balaban J connectivity index is 1.68. The lowest BCUT2D eigenvalue weighted by Gasteiger charge is -2.32. The molecule has 3 rings (SSSR count). The number of nitrogens with zero attached hydrogens (tertiary/aromatic N) is 6. The van der Waals surface area contributed by atoms with Gasteiger partial charge in [0.25, 0.3) is 0 Å². The molecular formula is C18H27N7O3. The summed E-state index contributed by atoms with van der Waals surface area (Å²) in [6.07, 6.45) is -0.374. The maximum atomic E-state index is 12.8. The molecule has 1 N–H and O–H groups in total. The number of tetrazole rings is 1. The molecule has 1 atom stereocenters. The minimum atomic E-state index is -0.374. The van der Waals surface area contributed by atoms with E-state index in [1.165, 1.54) is 0 Å². The lowest BCUT2D eigenvalue weighted by molar-refractivity contribution is -0.0209. The second kappa shape index (κ2) is 8.98. The van der Waals surface area contributed by atoms with E-state index in [-0.39, 0.29) is 12.1 Å². The van der Waals surface area contributed by atoms with Crippen LogP contribution in [0.15, 0.2) is 18.2 Å². The quantitative estimate of drug-likeness (QED) is 0.795. The molecule has 1 aliphatic rings. The molecule has 1 unspecified atom stereocenters. The third-order valence-corrected chi connectivity index (χ3v) is 4.69. The molecular weight excluding hydrogens is 362 g/mol. The van der Waals surface area contributed by atoms with Crippen LogP contribution in [0.4, 0.5) is 16.2 Å². The highest BCUT2D eigenvalue weighted by Crippen LogP contribution is 2.24. The summed E-state index contributed by atoms with van der Waals surface area (Å²) in [5.74, 6) is 0.598. The minimum absolute atomic E-state index is 0.164. The normalized spacial score (nSPS) is 16.9. The third kappa shape index (κ3) is 4.57. The van der Waals surface area contributed by atoms with Crippen molar-refractivity contribution in [2.75, 3.05) is 57.7 Å². The van der Waals surface area contributed by atoms with Crippen LogP contribution in [0.2, 0.25) is 0 Å². The molecule has 0 bridgehead atoms. The zero-order valence-electron chi connectivity index (χ0n) is 16.8. The van der Waals surface area contributed by atoms with Crippen LogP contribution in [0, 0.1) is 6.92 Å². The summed E-state index contributed by atoms with van der Waals surface area (Å²) in [6, 6.07) is 5.83. The Labute approximate surface area is 164 Å². The number of morpholine rings is 1. The Hall–Kier alpha value is -2.72. The summed E-state index contributed by atoms with van der Waals surface area (Å²) in [6.45, 7) is 4.31. The molecule has 1 saturated heterocycles. The molecule has 2 amide bonds. The SMILES string of the molecule is COCCn1nnnc1C1CN(C(=O)Nc2cc(N(C)C)ccc2C)CCO1. The Bertz CT molecular complexity index is 808. The lowest BCUT2D eigenvalue weighted by Crippen LogP contribution is -2.45. The summed E-state index contributed by atoms with van der Waals surface area (Å²) in [5, 5.41) is 14.8. The smallest absolute Gasteiger partial charge is 0.322 e. The van der Waals surface area contributed by atoms with E-state index in [1.807, 2.05) is 44.1 Å². The van der Waals surface area contributed by atoms with Crippen LogP contribution in [0.1, 0.15) is 17.5 Å². The maximum Gasteiger partial charge on any atom is 0.322 e. The van der Waals surface area contributed by atoms with Crippen LogP contribution in [0.25, 0.3) is 0 Å². The highest BCUT2D eigenvalue weighted by Gasteiger charge is 2.29. The Kier molecular flexibility index (Phi) is 6.42. The van der Waals surface area contributed by atoms with E-state index < -0.39 is 0 Å². The summed E-state index contributed by atoms with van der Waals surface area (Å²) in [4.78, 5) is 16.6. The second-order valence-electron chi connectivity index (χ2n) is 6.88. The monoisotopic (exact) mass is 389 g/mol. The Morgan fingerprint density at radius 1 is 1.43 bits per heavy atom. The van der Waals surface area contributed by atoms with Gasteiger partial charge in [0.1, 0.15) is 6.10 Å². The first-order valence-electron chi connectivity index (χ1n) is 9.20. The number of urea groups is 1. The third-order valence-electron chi connectivity index (χ3n) is 4.69.